The average molecular weight is 297 g/mol. The minimum Gasteiger partial charge on any atom is -1.00 e. The number of ketones is 2. The molecule has 0 radical (unpaired) electrons. The molecule has 0 N–H and O–H groups in total. The van der Waals surface area contributed by atoms with Gasteiger partial charge in [-0.15, -0.1) is 0 Å². The maximum absolute atomic E-state index is 11.2. The normalized spacial score (nSPS) is 10.2. The fourth-order valence-corrected chi connectivity index (χ4v) is 0.741. The highest BCUT2D eigenvalue weighted by molar-refractivity contribution is 6.43. The first-order valence-corrected chi connectivity index (χ1v) is 3.77. The lowest BCUT2D eigenvalue weighted by Gasteiger charge is -2.22. The first-order valence-electron chi connectivity index (χ1n) is 3.77. The molecule has 0 atom stereocenters. The Morgan fingerprint density at radius 3 is 1.85 bits per heavy atom. The average Bonchev–Trinajstić information content (AvgIpc) is 1.82. The number of halogens is 1. The second kappa shape index (κ2) is 5.49. The molecule has 0 saturated carbocycles. The lowest BCUT2D eigenvalue weighted by Crippen LogP contribution is -3.00. The van der Waals surface area contributed by atoms with Crippen LogP contribution < -0.4 is 24.0 Å². The van der Waals surface area contributed by atoms with E-state index >= 15 is 0 Å². The summed E-state index contributed by atoms with van der Waals surface area (Å²) in [7, 11) is 5.59. The standard InChI is InChI=1S/C9H16NO2.HI/c1-7(2)9(12)8(11)6-10(3,4)5;/h1,6H2,2-5H3;1H/q+1;/p-1. The molecule has 3 nitrogen and oxygen atoms in total. The van der Waals surface area contributed by atoms with Crippen molar-refractivity contribution in [2.24, 2.45) is 0 Å². The first-order chi connectivity index (χ1) is 5.24. The third kappa shape index (κ3) is 6.89. The van der Waals surface area contributed by atoms with Crippen LogP contribution in [-0.2, 0) is 9.59 Å². The maximum Gasteiger partial charge on any atom is 0.256 e. The fourth-order valence-electron chi connectivity index (χ4n) is 0.741. The number of rotatable bonds is 4. The molecule has 4 heteroatoms. The van der Waals surface area contributed by atoms with Gasteiger partial charge in [-0.25, -0.2) is 0 Å². The zero-order valence-electron chi connectivity index (χ0n) is 8.56. The van der Waals surface area contributed by atoms with Crippen molar-refractivity contribution in [2.75, 3.05) is 27.7 Å². The molecule has 0 fully saturated rings. The van der Waals surface area contributed by atoms with E-state index < -0.39 is 5.78 Å². The van der Waals surface area contributed by atoms with Crippen LogP contribution in [0.3, 0.4) is 0 Å². The number of likely N-dealkylation sites (N-methyl/N-ethyl adjacent to an activating group) is 1. The lowest BCUT2D eigenvalue weighted by molar-refractivity contribution is -0.861. The fraction of sp³-hybridized carbons (Fsp3) is 0.556. The van der Waals surface area contributed by atoms with Gasteiger partial charge in [0.15, 0.2) is 0 Å². The van der Waals surface area contributed by atoms with Crippen molar-refractivity contribution in [1.82, 2.24) is 0 Å². The van der Waals surface area contributed by atoms with E-state index in [1.54, 1.807) is 6.92 Å². The number of hydrogen-bond donors (Lipinski definition) is 0. The Kier molecular flexibility index (Phi) is 6.44. The van der Waals surface area contributed by atoms with E-state index in [1.807, 2.05) is 21.1 Å². The molecule has 0 aromatic heterocycles. The zero-order chi connectivity index (χ0) is 9.94. The molecule has 0 amide bonds. The van der Waals surface area contributed by atoms with Gasteiger partial charge < -0.3 is 28.5 Å². The molecular weight excluding hydrogens is 281 g/mol. The second-order valence-corrected chi connectivity index (χ2v) is 3.98. The Morgan fingerprint density at radius 2 is 1.62 bits per heavy atom. The lowest BCUT2D eigenvalue weighted by atomic mass is 10.1. The summed E-state index contributed by atoms with van der Waals surface area (Å²) < 4.78 is 0.470. The zero-order valence-corrected chi connectivity index (χ0v) is 10.7. The number of carbonyl (C=O) groups excluding carboxylic acids is 2. The summed E-state index contributed by atoms with van der Waals surface area (Å²) in [5.74, 6) is -0.821. The van der Waals surface area contributed by atoms with E-state index in [1.165, 1.54) is 0 Å². The molecule has 0 aliphatic heterocycles. The molecule has 0 unspecified atom stereocenters. The largest absolute Gasteiger partial charge is 1.00 e. The third-order valence-electron chi connectivity index (χ3n) is 1.26. The molecule has 0 bridgehead atoms. The number of carbonyl (C=O) groups is 2. The molecule has 0 saturated heterocycles. The van der Waals surface area contributed by atoms with Crippen molar-refractivity contribution < 1.29 is 38.0 Å². The molecule has 0 heterocycles. The first kappa shape index (κ1) is 15.3. The molecule has 0 aromatic carbocycles. The van der Waals surface area contributed by atoms with Crippen molar-refractivity contribution >= 4 is 11.6 Å². The summed E-state index contributed by atoms with van der Waals surface area (Å²) >= 11 is 0. The summed E-state index contributed by atoms with van der Waals surface area (Å²) in [6.45, 7) is 5.21. The van der Waals surface area contributed by atoms with Gasteiger partial charge in [0.25, 0.3) is 5.78 Å². The van der Waals surface area contributed by atoms with Crippen LogP contribution in [0.5, 0.6) is 0 Å². The van der Waals surface area contributed by atoms with Gasteiger partial charge >= 0.3 is 0 Å². The number of hydrogen-bond acceptors (Lipinski definition) is 2. The third-order valence-corrected chi connectivity index (χ3v) is 1.26. The molecule has 0 aromatic rings. The Labute approximate surface area is 96.4 Å². The summed E-state index contributed by atoms with van der Waals surface area (Å²) in [5, 5.41) is 0. The van der Waals surface area contributed by atoms with E-state index in [9.17, 15) is 9.59 Å². The molecule has 0 spiro atoms. The topological polar surface area (TPSA) is 34.1 Å². The van der Waals surface area contributed by atoms with Gasteiger partial charge in [-0.05, 0) is 12.5 Å². The van der Waals surface area contributed by atoms with Crippen LogP contribution in [0.15, 0.2) is 12.2 Å². The van der Waals surface area contributed by atoms with Crippen LogP contribution in [0.2, 0.25) is 0 Å². The molecule has 13 heavy (non-hydrogen) atoms. The maximum atomic E-state index is 11.2. The predicted molar refractivity (Wildman–Crippen MR) is 47.7 cm³/mol. The summed E-state index contributed by atoms with van der Waals surface area (Å²) in [4.78, 5) is 22.2. The van der Waals surface area contributed by atoms with E-state index in [0.717, 1.165) is 0 Å². The Morgan fingerprint density at radius 1 is 1.23 bits per heavy atom. The smallest absolute Gasteiger partial charge is 0.256 e. The summed E-state index contributed by atoms with van der Waals surface area (Å²) in [6, 6.07) is 0. The molecule has 76 valence electrons. The quantitative estimate of drug-likeness (QED) is 0.247. The van der Waals surface area contributed by atoms with E-state index in [4.69, 9.17) is 0 Å². The highest BCUT2D eigenvalue weighted by atomic mass is 127. The van der Waals surface area contributed by atoms with Gasteiger partial charge in [-0.2, -0.15) is 0 Å². The van der Waals surface area contributed by atoms with Crippen molar-refractivity contribution in [1.29, 1.82) is 0 Å². The molecule has 0 aliphatic rings. The van der Waals surface area contributed by atoms with Crippen LogP contribution in [-0.4, -0.2) is 43.7 Å². The van der Waals surface area contributed by atoms with Gasteiger partial charge in [-0.3, -0.25) is 9.59 Å². The van der Waals surface area contributed by atoms with Crippen molar-refractivity contribution in [3.05, 3.63) is 12.2 Å². The Hall–Kier alpha value is -0.230. The summed E-state index contributed by atoms with van der Waals surface area (Å²) in [6.07, 6.45) is 0. The van der Waals surface area contributed by atoms with Crippen LogP contribution in [0.25, 0.3) is 0 Å². The minimum absolute atomic E-state index is 0. The number of quaternary nitrogens is 1. The van der Waals surface area contributed by atoms with Gasteiger partial charge in [-0.1, -0.05) is 6.58 Å². The monoisotopic (exact) mass is 297 g/mol. The predicted octanol–water partition coefficient (Wildman–Crippen LogP) is -2.59. The number of nitrogens with zero attached hydrogens (tertiary/aromatic N) is 1. The minimum atomic E-state index is -0.456. The Balaban J connectivity index is 0. The van der Waals surface area contributed by atoms with Gasteiger partial charge in [0, 0.05) is 0 Å². The SMILES string of the molecule is C=C(C)C(=O)C(=O)C[N+](C)(C)C.[I-]. The molecule has 0 rings (SSSR count). The highest BCUT2D eigenvalue weighted by Crippen LogP contribution is 1.96. The van der Waals surface area contributed by atoms with Crippen molar-refractivity contribution in [3.63, 3.8) is 0 Å². The highest BCUT2D eigenvalue weighted by Gasteiger charge is 2.21. The van der Waals surface area contributed by atoms with Crippen LogP contribution in [0.4, 0.5) is 0 Å². The van der Waals surface area contributed by atoms with Crippen molar-refractivity contribution in [3.8, 4) is 0 Å². The van der Waals surface area contributed by atoms with Crippen LogP contribution >= 0.6 is 0 Å². The van der Waals surface area contributed by atoms with E-state index in [2.05, 4.69) is 6.58 Å². The van der Waals surface area contributed by atoms with E-state index in [0.29, 0.717) is 10.1 Å². The van der Waals surface area contributed by atoms with Gasteiger partial charge in [0.05, 0.1) is 21.1 Å². The second-order valence-electron chi connectivity index (χ2n) is 3.98. The number of allylic oxidation sites excluding steroid dienone is 1. The van der Waals surface area contributed by atoms with E-state index in [-0.39, 0.29) is 36.3 Å². The van der Waals surface area contributed by atoms with Crippen LogP contribution in [0.1, 0.15) is 6.92 Å². The molecular formula is C9H16INO2. The molecule has 0 aliphatic carbocycles. The van der Waals surface area contributed by atoms with Gasteiger partial charge in [0.2, 0.25) is 5.78 Å². The van der Waals surface area contributed by atoms with Crippen LogP contribution in [0, 0.1) is 0 Å². The Bertz CT molecular complexity index is 228. The number of Topliss-reactive ketones (excluding diaryl/α,β-unsaturated/α-hetero) is 2. The van der Waals surface area contributed by atoms with Gasteiger partial charge in [0.1, 0.15) is 6.54 Å². The summed E-state index contributed by atoms with van der Waals surface area (Å²) in [5.41, 5.74) is 0.313. The van der Waals surface area contributed by atoms with Crippen molar-refractivity contribution in [2.45, 2.75) is 6.92 Å².